The van der Waals surface area contributed by atoms with Crippen molar-refractivity contribution in [2.75, 3.05) is 26.3 Å². The van der Waals surface area contributed by atoms with Gasteiger partial charge in [0.25, 0.3) is 0 Å². The summed E-state index contributed by atoms with van der Waals surface area (Å²) in [4.78, 5) is 13.3. The van der Waals surface area contributed by atoms with Crippen molar-refractivity contribution in [2.24, 2.45) is 0 Å². The molecule has 1 heterocycles. The van der Waals surface area contributed by atoms with E-state index >= 15 is 0 Å². The molecule has 1 aliphatic rings. The van der Waals surface area contributed by atoms with Crippen LogP contribution in [0.4, 0.5) is 0 Å². The van der Waals surface area contributed by atoms with E-state index in [4.69, 9.17) is 10.00 Å². The highest BCUT2D eigenvalue weighted by molar-refractivity contribution is 5.78. The van der Waals surface area contributed by atoms with Gasteiger partial charge in [-0.05, 0) is 13.8 Å². The highest BCUT2D eigenvalue weighted by Gasteiger charge is 2.24. The van der Waals surface area contributed by atoms with Crippen LogP contribution in [0, 0.1) is 11.3 Å². The summed E-state index contributed by atoms with van der Waals surface area (Å²) in [7, 11) is 0. The number of morpholine rings is 1. The Morgan fingerprint density at radius 3 is 3.07 bits per heavy atom. The number of hydrogen-bond donors (Lipinski definition) is 1. The van der Waals surface area contributed by atoms with E-state index in [-0.39, 0.29) is 24.5 Å². The van der Waals surface area contributed by atoms with Crippen molar-refractivity contribution < 1.29 is 9.53 Å². The van der Waals surface area contributed by atoms with E-state index in [2.05, 4.69) is 11.4 Å². The maximum absolute atomic E-state index is 11.5. The number of hydrogen-bond acceptors (Lipinski definition) is 4. The van der Waals surface area contributed by atoms with Crippen molar-refractivity contribution in [3.05, 3.63) is 0 Å². The lowest BCUT2D eigenvalue weighted by atomic mass is 10.2. The average Bonchev–Trinajstić information content (AvgIpc) is 2.17. The fourth-order valence-corrected chi connectivity index (χ4v) is 1.50. The van der Waals surface area contributed by atoms with Gasteiger partial charge in [-0.1, -0.05) is 0 Å². The van der Waals surface area contributed by atoms with E-state index in [1.54, 1.807) is 0 Å². The van der Waals surface area contributed by atoms with Gasteiger partial charge in [0.05, 0.1) is 25.8 Å². The zero-order valence-corrected chi connectivity index (χ0v) is 9.19. The first-order chi connectivity index (χ1) is 7.13. The van der Waals surface area contributed by atoms with Crippen LogP contribution in [0.15, 0.2) is 0 Å². The molecule has 0 aromatic carbocycles. The standard InChI is InChI=1S/C10H17N3O2/c1-8(2)12-10(14)6-13-3-4-15-7-9(13)5-11/h8-9H,3-4,6-7H2,1-2H3,(H,12,14)/t9-/m1/s1. The van der Waals surface area contributed by atoms with Crippen molar-refractivity contribution in [1.29, 1.82) is 5.26 Å². The molecule has 1 atom stereocenters. The maximum atomic E-state index is 11.5. The Bertz CT molecular complexity index is 260. The molecule has 84 valence electrons. The zero-order chi connectivity index (χ0) is 11.3. The zero-order valence-electron chi connectivity index (χ0n) is 9.19. The second-order valence-corrected chi connectivity index (χ2v) is 3.91. The van der Waals surface area contributed by atoms with E-state index < -0.39 is 0 Å². The Morgan fingerprint density at radius 1 is 1.73 bits per heavy atom. The summed E-state index contributed by atoms with van der Waals surface area (Å²) >= 11 is 0. The van der Waals surface area contributed by atoms with Gasteiger partial charge in [-0.15, -0.1) is 0 Å². The molecular weight excluding hydrogens is 194 g/mol. The number of carbonyl (C=O) groups is 1. The van der Waals surface area contributed by atoms with Crippen LogP contribution in [0.1, 0.15) is 13.8 Å². The van der Waals surface area contributed by atoms with Gasteiger partial charge in [-0.25, -0.2) is 0 Å². The van der Waals surface area contributed by atoms with Gasteiger partial charge in [0.2, 0.25) is 5.91 Å². The van der Waals surface area contributed by atoms with Crippen molar-refractivity contribution in [3.63, 3.8) is 0 Å². The molecule has 0 bridgehead atoms. The van der Waals surface area contributed by atoms with E-state index in [0.29, 0.717) is 19.8 Å². The number of nitriles is 1. The number of rotatable bonds is 3. The molecule has 5 nitrogen and oxygen atoms in total. The van der Waals surface area contributed by atoms with Crippen molar-refractivity contribution in [1.82, 2.24) is 10.2 Å². The molecule has 0 aliphatic carbocycles. The summed E-state index contributed by atoms with van der Waals surface area (Å²) in [5, 5.41) is 11.7. The van der Waals surface area contributed by atoms with Crippen LogP contribution in [0.3, 0.4) is 0 Å². The molecule has 1 fully saturated rings. The molecule has 0 saturated carbocycles. The predicted molar refractivity (Wildman–Crippen MR) is 55.1 cm³/mol. The third-order valence-corrected chi connectivity index (χ3v) is 2.18. The number of ether oxygens (including phenoxy) is 1. The Hall–Kier alpha value is -1.12. The maximum Gasteiger partial charge on any atom is 0.234 e. The molecule has 15 heavy (non-hydrogen) atoms. The molecule has 1 aliphatic heterocycles. The molecule has 0 aromatic heterocycles. The quantitative estimate of drug-likeness (QED) is 0.698. The van der Waals surface area contributed by atoms with Crippen LogP contribution in [0.25, 0.3) is 0 Å². The first kappa shape index (κ1) is 12.0. The third-order valence-electron chi connectivity index (χ3n) is 2.18. The van der Waals surface area contributed by atoms with E-state index in [1.165, 1.54) is 0 Å². The summed E-state index contributed by atoms with van der Waals surface area (Å²) in [6.45, 7) is 5.74. The molecule has 0 unspecified atom stereocenters. The molecule has 0 aromatic rings. The van der Waals surface area contributed by atoms with E-state index in [1.807, 2.05) is 18.7 Å². The summed E-state index contributed by atoms with van der Waals surface area (Å²) in [6, 6.07) is 1.98. The molecule has 0 radical (unpaired) electrons. The second-order valence-electron chi connectivity index (χ2n) is 3.91. The number of carbonyl (C=O) groups excluding carboxylic acids is 1. The van der Waals surface area contributed by atoms with Gasteiger partial charge in [-0.3, -0.25) is 9.69 Å². The largest absolute Gasteiger partial charge is 0.377 e. The number of nitrogens with one attached hydrogen (secondary N) is 1. The SMILES string of the molecule is CC(C)NC(=O)CN1CCOC[C@H]1C#N. The predicted octanol–water partition coefficient (Wildman–Crippen LogP) is -0.265. The Kier molecular flexibility index (Phi) is 4.53. The first-order valence-corrected chi connectivity index (χ1v) is 5.14. The van der Waals surface area contributed by atoms with Crippen molar-refractivity contribution in [3.8, 4) is 6.07 Å². The average molecular weight is 211 g/mol. The lowest BCUT2D eigenvalue weighted by molar-refractivity contribution is -0.124. The van der Waals surface area contributed by atoms with Crippen LogP contribution in [0.5, 0.6) is 0 Å². The molecule has 5 heteroatoms. The topological polar surface area (TPSA) is 65.4 Å². The second kappa shape index (κ2) is 5.69. The van der Waals surface area contributed by atoms with Gasteiger partial charge in [-0.2, -0.15) is 5.26 Å². The van der Waals surface area contributed by atoms with Gasteiger partial charge in [0.15, 0.2) is 0 Å². The van der Waals surface area contributed by atoms with Crippen LogP contribution >= 0.6 is 0 Å². The minimum Gasteiger partial charge on any atom is -0.377 e. The van der Waals surface area contributed by atoms with Crippen LogP contribution in [-0.2, 0) is 9.53 Å². The fourth-order valence-electron chi connectivity index (χ4n) is 1.50. The molecule has 0 spiro atoms. The monoisotopic (exact) mass is 211 g/mol. The molecule has 1 amide bonds. The Morgan fingerprint density at radius 2 is 2.47 bits per heavy atom. The summed E-state index contributed by atoms with van der Waals surface area (Å²) in [6.07, 6.45) is 0. The number of nitrogens with zero attached hydrogens (tertiary/aromatic N) is 2. The highest BCUT2D eigenvalue weighted by atomic mass is 16.5. The molecular formula is C10H17N3O2. The van der Waals surface area contributed by atoms with Crippen LogP contribution in [0.2, 0.25) is 0 Å². The fraction of sp³-hybridized carbons (Fsp3) is 0.800. The van der Waals surface area contributed by atoms with Crippen LogP contribution < -0.4 is 5.32 Å². The Balaban J connectivity index is 2.42. The lowest BCUT2D eigenvalue weighted by Gasteiger charge is -2.30. The van der Waals surface area contributed by atoms with E-state index in [0.717, 1.165) is 0 Å². The van der Waals surface area contributed by atoms with Gasteiger partial charge >= 0.3 is 0 Å². The molecule has 1 N–H and O–H groups in total. The first-order valence-electron chi connectivity index (χ1n) is 5.14. The Labute approximate surface area is 90.0 Å². The minimum absolute atomic E-state index is 0.0350. The molecule has 1 rings (SSSR count). The summed E-state index contributed by atoms with van der Waals surface area (Å²) < 4.78 is 5.17. The van der Waals surface area contributed by atoms with E-state index in [9.17, 15) is 4.79 Å². The van der Waals surface area contributed by atoms with Crippen molar-refractivity contribution in [2.45, 2.75) is 25.9 Å². The van der Waals surface area contributed by atoms with Gasteiger partial charge in [0.1, 0.15) is 6.04 Å². The van der Waals surface area contributed by atoms with Gasteiger partial charge in [0, 0.05) is 12.6 Å². The highest BCUT2D eigenvalue weighted by Crippen LogP contribution is 2.05. The van der Waals surface area contributed by atoms with Gasteiger partial charge < -0.3 is 10.1 Å². The summed E-state index contributed by atoms with van der Waals surface area (Å²) in [5.41, 5.74) is 0. The smallest absolute Gasteiger partial charge is 0.234 e. The van der Waals surface area contributed by atoms with Crippen molar-refractivity contribution >= 4 is 5.91 Å². The minimum atomic E-state index is -0.295. The number of amides is 1. The normalized spacial score (nSPS) is 22.4. The molecule has 1 saturated heterocycles. The van der Waals surface area contributed by atoms with Crippen LogP contribution in [-0.4, -0.2) is 49.2 Å². The summed E-state index contributed by atoms with van der Waals surface area (Å²) in [5.74, 6) is -0.0350. The lowest BCUT2D eigenvalue weighted by Crippen LogP contribution is -2.49. The third kappa shape index (κ3) is 3.86.